The first-order valence-electron chi connectivity index (χ1n) is 3.88. The maximum atomic E-state index is 12.4. The van der Waals surface area contributed by atoms with Crippen LogP contribution in [0.3, 0.4) is 0 Å². The average Bonchev–Trinajstić information content (AvgIpc) is 2.17. The van der Waals surface area contributed by atoms with Crippen molar-refractivity contribution in [2.24, 2.45) is 0 Å². The molecule has 1 aromatic heterocycles. The molecule has 0 aliphatic rings. The Kier molecular flexibility index (Phi) is 3.35. The van der Waals surface area contributed by atoms with E-state index in [1.165, 1.54) is 19.2 Å². The summed E-state index contributed by atoms with van der Waals surface area (Å²) in [6.07, 6.45) is -2.76. The molecule has 1 heterocycles. The van der Waals surface area contributed by atoms with E-state index in [4.69, 9.17) is 10.00 Å². The third-order valence-electron chi connectivity index (χ3n) is 1.67. The summed E-state index contributed by atoms with van der Waals surface area (Å²) in [6, 6.07) is 4.35. The molecule has 0 spiro atoms. The molecule has 0 amide bonds. The predicted molar refractivity (Wildman–Crippen MR) is 45.1 cm³/mol. The van der Waals surface area contributed by atoms with Crippen LogP contribution in [-0.4, -0.2) is 12.1 Å². The lowest BCUT2D eigenvalue weighted by Crippen LogP contribution is -1.99. The molecule has 3 nitrogen and oxygen atoms in total. The van der Waals surface area contributed by atoms with Crippen LogP contribution in [0.5, 0.6) is 5.88 Å². The van der Waals surface area contributed by atoms with Crippen molar-refractivity contribution in [3.05, 3.63) is 23.4 Å². The largest absolute Gasteiger partial charge is 0.481 e. The summed E-state index contributed by atoms with van der Waals surface area (Å²) in [4.78, 5) is 3.78. The molecular weight excluding hydrogens is 190 g/mol. The highest BCUT2D eigenvalue weighted by Gasteiger charge is 2.14. The van der Waals surface area contributed by atoms with Crippen molar-refractivity contribution >= 4 is 0 Å². The Hall–Kier alpha value is -1.70. The molecule has 0 saturated heterocycles. The molecule has 1 aromatic rings. The molecule has 0 unspecified atom stereocenters. The van der Waals surface area contributed by atoms with Gasteiger partial charge in [0.15, 0.2) is 0 Å². The van der Waals surface area contributed by atoms with Crippen molar-refractivity contribution in [1.82, 2.24) is 4.98 Å². The number of rotatable bonds is 3. The molecule has 74 valence electrons. The van der Waals surface area contributed by atoms with Gasteiger partial charge in [0.1, 0.15) is 0 Å². The van der Waals surface area contributed by atoms with Gasteiger partial charge in [0.2, 0.25) is 5.88 Å². The molecule has 0 radical (unpaired) electrons. The van der Waals surface area contributed by atoms with Crippen LogP contribution in [-0.2, 0) is 6.42 Å². The first-order chi connectivity index (χ1) is 6.69. The average molecular weight is 198 g/mol. The molecule has 0 bridgehead atoms. The summed E-state index contributed by atoms with van der Waals surface area (Å²) < 4.78 is 29.6. The third kappa shape index (κ3) is 2.16. The molecule has 0 aliphatic heterocycles. The summed E-state index contributed by atoms with van der Waals surface area (Å²) in [5.74, 6) is 0.236. The smallest absolute Gasteiger partial charge is 0.265 e. The fourth-order valence-corrected chi connectivity index (χ4v) is 1.02. The Bertz CT molecular complexity index is 360. The quantitative estimate of drug-likeness (QED) is 0.747. The van der Waals surface area contributed by atoms with Gasteiger partial charge < -0.3 is 4.74 Å². The van der Waals surface area contributed by atoms with Crippen LogP contribution in [0.25, 0.3) is 0 Å². The number of alkyl halides is 2. The Morgan fingerprint density at radius 3 is 2.79 bits per heavy atom. The summed E-state index contributed by atoms with van der Waals surface area (Å²) in [6.45, 7) is 0. The lowest BCUT2D eigenvalue weighted by molar-refractivity contribution is 0.149. The summed E-state index contributed by atoms with van der Waals surface area (Å²) >= 11 is 0. The highest BCUT2D eigenvalue weighted by Crippen LogP contribution is 2.23. The number of methoxy groups -OCH3 is 1. The first kappa shape index (κ1) is 10.4. The first-order valence-corrected chi connectivity index (χ1v) is 3.88. The number of nitrogens with zero attached hydrogens (tertiary/aromatic N) is 2. The monoisotopic (exact) mass is 198 g/mol. The summed E-state index contributed by atoms with van der Waals surface area (Å²) in [5, 5.41) is 8.41. The normalized spacial score (nSPS) is 9.93. The molecule has 14 heavy (non-hydrogen) atoms. The van der Waals surface area contributed by atoms with Crippen LogP contribution in [0.1, 0.15) is 17.7 Å². The van der Waals surface area contributed by atoms with Gasteiger partial charge in [0.05, 0.1) is 25.3 Å². The number of halogens is 2. The molecule has 0 atom stereocenters. The minimum Gasteiger partial charge on any atom is -0.481 e. The lowest BCUT2D eigenvalue weighted by atomic mass is 10.1. The van der Waals surface area contributed by atoms with Crippen molar-refractivity contribution in [3.8, 4) is 11.9 Å². The molecule has 0 aromatic carbocycles. The fourth-order valence-electron chi connectivity index (χ4n) is 1.02. The Labute approximate surface area is 79.9 Å². The predicted octanol–water partition coefficient (Wildman–Crippen LogP) is 2.09. The second-order valence-corrected chi connectivity index (χ2v) is 2.53. The van der Waals surface area contributed by atoms with Gasteiger partial charge >= 0.3 is 0 Å². The zero-order valence-electron chi connectivity index (χ0n) is 7.50. The van der Waals surface area contributed by atoms with Crippen LogP contribution in [0.2, 0.25) is 0 Å². The molecule has 0 N–H and O–H groups in total. The Balaban J connectivity index is 3.11. The summed E-state index contributed by atoms with van der Waals surface area (Å²) in [5.41, 5.74) is -0.144. The van der Waals surface area contributed by atoms with Gasteiger partial charge in [0, 0.05) is 11.6 Å². The van der Waals surface area contributed by atoms with E-state index in [1.807, 2.05) is 0 Å². The van der Waals surface area contributed by atoms with E-state index in [2.05, 4.69) is 4.98 Å². The van der Waals surface area contributed by atoms with Gasteiger partial charge in [-0.1, -0.05) is 0 Å². The lowest BCUT2D eigenvalue weighted by Gasteiger charge is -2.06. The van der Waals surface area contributed by atoms with Crippen LogP contribution in [0.15, 0.2) is 12.1 Å². The fraction of sp³-hybridized carbons (Fsp3) is 0.333. The van der Waals surface area contributed by atoms with Crippen molar-refractivity contribution in [1.29, 1.82) is 5.26 Å². The number of nitriles is 1. The highest BCUT2D eigenvalue weighted by molar-refractivity contribution is 5.28. The van der Waals surface area contributed by atoms with Crippen LogP contribution < -0.4 is 4.74 Å². The number of hydrogen-bond donors (Lipinski definition) is 0. The molecule has 1 rings (SSSR count). The second kappa shape index (κ2) is 4.51. The Morgan fingerprint density at radius 2 is 2.29 bits per heavy atom. The van der Waals surface area contributed by atoms with E-state index >= 15 is 0 Å². The Morgan fingerprint density at radius 1 is 1.57 bits per heavy atom. The molecule has 0 saturated carbocycles. The van der Waals surface area contributed by atoms with E-state index in [9.17, 15) is 8.78 Å². The van der Waals surface area contributed by atoms with Gasteiger partial charge in [-0.05, 0) is 6.07 Å². The van der Waals surface area contributed by atoms with E-state index in [0.717, 1.165) is 0 Å². The second-order valence-electron chi connectivity index (χ2n) is 2.53. The van der Waals surface area contributed by atoms with Crippen LogP contribution in [0, 0.1) is 11.3 Å². The maximum Gasteiger partial charge on any atom is 0.265 e. The van der Waals surface area contributed by atoms with Crippen molar-refractivity contribution in [2.45, 2.75) is 12.8 Å². The zero-order chi connectivity index (χ0) is 10.6. The summed E-state index contributed by atoms with van der Waals surface area (Å²) in [7, 11) is 1.39. The van der Waals surface area contributed by atoms with Gasteiger partial charge in [-0.15, -0.1) is 0 Å². The topological polar surface area (TPSA) is 45.9 Å². The number of aromatic nitrogens is 1. The van der Waals surface area contributed by atoms with Crippen LogP contribution >= 0.6 is 0 Å². The number of ether oxygens (including phenoxy) is 1. The molecule has 5 heteroatoms. The van der Waals surface area contributed by atoms with Gasteiger partial charge in [-0.2, -0.15) is 5.26 Å². The highest BCUT2D eigenvalue weighted by atomic mass is 19.3. The molecular formula is C9H8F2N2O. The maximum absolute atomic E-state index is 12.4. The van der Waals surface area contributed by atoms with Crippen LogP contribution in [0.4, 0.5) is 8.78 Å². The van der Waals surface area contributed by atoms with Crippen molar-refractivity contribution in [2.75, 3.05) is 7.11 Å². The zero-order valence-corrected chi connectivity index (χ0v) is 7.50. The molecule has 0 aliphatic carbocycles. The third-order valence-corrected chi connectivity index (χ3v) is 1.67. The van der Waals surface area contributed by atoms with Crippen molar-refractivity contribution in [3.63, 3.8) is 0 Å². The number of hydrogen-bond acceptors (Lipinski definition) is 3. The van der Waals surface area contributed by atoms with Gasteiger partial charge in [0.25, 0.3) is 6.43 Å². The molecule has 0 fully saturated rings. The van der Waals surface area contributed by atoms with Gasteiger partial charge in [-0.3, -0.25) is 0 Å². The van der Waals surface area contributed by atoms with Crippen molar-refractivity contribution < 1.29 is 13.5 Å². The van der Waals surface area contributed by atoms with E-state index in [1.54, 1.807) is 6.07 Å². The van der Waals surface area contributed by atoms with E-state index < -0.39 is 6.43 Å². The minimum atomic E-state index is -2.61. The van der Waals surface area contributed by atoms with E-state index in [0.29, 0.717) is 0 Å². The number of pyridine rings is 1. The van der Waals surface area contributed by atoms with E-state index in [-0.39, 0.29) is 23.6 Å². The minimum absolute atomic E-state index is 0.0712. The standard InChI is InChI=1S/C9H8F2N2O/c1-14-8-3-2-6(9(10)11)7(13-8)4-5-12/h2-3,9H,4H2,1H3. The van der Waals surface area contributed by atoms with Gasteiger partial charge in [-0.25, -0.2) is 13.8 Å². The SMILES string of the molecule is COc1ccc(C(F)F)c(CC#N)n1.